The average molecular weight is 298 g/mol. The number of rotatable bonds is 4. The summed E-state index contributed by atoms with van der Waals surface area (Å²) in [5, 5.41) is 2.70. The predicted octanol–water partition coefficient (Wildman–Crippen LogP) is 1.50. The molecule has 0 radical (unpaired) electrons. The van der Waals surface area contributed by atoms with Crippen LogP contribution in [-0.4, -0.2) is 26.4 Å². The first-order chi connectivity index (χ1) is 9.01. The topological polar surface area (TPSA) is 75.3 Å². The van der Waals surface area contributed by atoms with E-state index >= 15 is 0 Å². The summed E-state index contributed by atoms with van der Waals surface area (Å²) in [6.07, 6.45) is 0. The molecular weight excluding hydrogens is 276 g/mol. The summed E-state index contributed by atoms with van der Waals surface area (Å²) in [5.41, 5.74) is 1.12. The van der Waals surface area contributed by atoms with Gasteiger partial charge in [0.05, 0.1) is 11.4 Å². The molecule has 1 rings (SSSR count). The second-order valence-electron chi connectivity index (χ2n) is 5.89. The molecule has 0 bridgehead atoms. The van der Waals surface area contributed by atoms with Crippen LogP contribution in [0.4, 0.5) is 0 Å². The Bertz CT molecular complexity index is 601. The third kappa shape index (κ3) is 4.94. The summed E-state index contributed by atoms with van der Waals surface area (Å²) in [5.74, 6) is -0.355. The summed E-state index contributed by atoms with van der Waals surface area (Å²) in [4.78, 5) is 11.9. The van der Waals surface area contributed by atoms with Crippen molar-refractivity contribution in [3.63, 3.8) is 0 Å². The molecule has 0 heterocycles. The second kappa shape index (κ2) is 5.93. The lowest BCUT2D eigenvalue weighted by molar-refractivity contribution is -0.121. The van der Waals surface area contributed by atoms with E-state index in [1.54, 1.807) is 19.1 Å². The molecule has 5 nitrogen and oxygen atoms in total. The standard InChI is InChI=1S/C14H22N2O3S/c1-10-6-7-11(2)12(8-10)20(18,19)15-9-13(17)16-14(3,4)5/h6-8,15H,9H2,1-5H3,(H,16,17). The molecule has 0 aliphatic rings. The number of nitrogens with one attached hydrogen (secondary N) is 2. The third-order valence-electron chi connectivity index (χ3n) is 2.57. The molecule has 0 aliphatic carbocycles. The van der Waals surface area contributed by atoms with Crippen LogP contribution in [0.3, 0.4) is 0 Å². The van der Waals surface area contributed by atoms with Gasteiger partial charge in [-0.2, -0.15) is 0 Å². The second-order valence-corrected chi connectivity index (χ2v) is 7.63. The highest BCUT2D eigenvalue weighted by atomic mass is 32.2. The van der Waals surface area contributed by atoms with E-state index < -0.39 is 10.0 Å². The summed E-state index contributed by atoms with van der Waals surface area (Å²) < 4.78 is 26.7. The van der Waals surface area contributed by atoms with Gasteiger partial charge in [0.1, 0.15) is 0 Å². The van der Waals surface area contributed by atoms with Gasteiger partial charge >= 0.3 is 0 Å². The summed E-state index contributed by atoms with van der Waals surface area (Å²) in [6.45, 7) is 8.79. The minimum Gasteiger partial charge on any atom is -0.350 e. The van der Waals surface area contributed by atoms with E-state index in [1.165, 1.54) is 0 Å². The van der Waals surface area contributed by atoms with Gasteiger partial charge in [-0.3, -0.25) is 4.79 Å². The average Bonchev–Trinajstić information content (AvgIpc) is 2.27. The molecule has 0 spiro atoms. The van der Waals surface area contributed by atoms with Gasteiger partial charge in [0.2, 0.25) is 15.9 Å². The lowest BCUT2D eigenvalue weighted by atomic mass is 10.1. The maximum absolute atomic E-state index is 12.2. The fourth-order valence-electron chi connectivity index (χ4n) is 1.70. The molecule has 20 heavy (non-hydrogen) atoms. The highest BCUT2D eigenvalue weighted by Crippen LogP contribution is 2.16. The van der Waals surface area contributed by atoms with Crippen molar-refractivity contribution in [3.8, 4) is 0 Å². The highest BCUT2D eigenvalue weighted by molar-refractivity contribution is 7.89. The zero-order valence-corrected chi connectivity index (χ0v) is 13.4. The Morgan fingerprint density at radius 2 is 1.80 bits per heavy atom. The molecule has 0 aromatic heterocycles. The molecular formula is C14H22N2O3S. The minimum absolute atomic E-state index is 0.209. The Morgan fingerprint density at radius 1 is 1.20 bits per heavy atom. The molecule has 0 unspecified atom stereocenters. The normalized spacial score (nSPS) is 12.2. The van der Waals surface area contributed by atoms with Crippen molar-refractivity contribution >= 4 is 15.9 Å². The first-order valence-electron chi connectivity index (χ1n) is 6.39. The van der Waals surface area contributed by atoms with Crippen molar-refractivity contribution in [1.82, 2.24) is 10.0 Å². The molecule has 6 heteroatoms. The number of sulfonamides is 1. The number of amides is 1. The zero-order chi connectivity index (χ0) is 15.6. The van der Waals surface area contributed by atoms with Crippen LogP contribution >= 0.6 is 0 Å². The van der Waals surface area contributed by atoms with Gasteiger partial charge in [-0.25, -0.2) is 13.1 Å². The smallest absolute Gasteiger partial charge is 0.241 e. The van der Waals surface area contributed by atoms with Gasteiger partial charge in [-0.15, -0.1) is 0 Å². The molecule has 2 N–H and O–H groups in total. The Labute approximate surface area is 120 Å². The van der Waals surface area contributed by atoms with Crippen LogP contribution in [-0.2, 0) is 14.8 Å². The molecule has 1 amide bonds. The molecule has 0 fully saturated rings. The van der Waals surface area contributed by atoms with E-state index in [2.05, 4.69) is 10.0 Å². The van der Waals surface area contributed by atoms with E-state index in [0.29, 0.717) is 5.56 Å². The fourth-order valence-corrected chi connectivity index (χ4v) is 3.01. The predicted molar refractivity (Wildman–Crippen MR) is 79.0 cm³/mol. The van der Waals surface area contributed by atoms with Crippen LogP contribution in [0.1, 0.15) is 31.9 Å². The van der Waals surface area contributed by atoms with Crippen molar-refractivity contribution in [3.05, 3.63) is 29.3 Å². The number of hydrogen-bond donors (Lipinski definition) is 2. The monoisotopic (exact) mass is 298 g/mol. The van der Waals surface area contributed by atoms with Crippen molar-refractivity contribution in [2.45, 2.75) is 45.1 Å². The number of hydrogen-bond acceptors (Lipinski definition) is 3. The lowest BCUT2D eigenvalue weighted by Gasteiger charge is -2.20. The van der Waals surface area contributed by atoms with Gasteiger partial charge in [0.15, 0.2) is 0 Å². The van der Waals surface area contributed by atoms with Crippen LogP contribution < -0.4 is 10.0 Å². The molecule has 1 aromatic carbocycles. The Balaban J connectivity index is 2.81. The van der Waals surface area contributed by atoms with E-state index in [4.69, 9.17) is 0 Å². The van der Waals surface area contributed by atoms with Crippen molar-refractivity contribution in [2.75, 3.05) is 6.54 Å². The lowest BCUT2D eigenvalue weighted by Crippen LogP contribution is -2.45. The van der Waals surface area contributed by atoms with Crippen LogP contribution in [0.15, 0.2) is 23.1 Å². The summed E-state index contributed by atoms with van der Waals surface area (Å²) >= 11 is 0. The van der Waals surface area contributed by atoms with E-state index in [9.17, 15) is 13.2 Å². The Hall–Kier alpha value is -1.40. The number of carbonyl (C=O) groups is 1. The maximum atomic E-state index is 12.2. The van der Waals surface area contributed by atoms with Gasteiger partial charge < -0.3 is 5.32 Å². The summed E-state index contributed by atoms with van der Waals surface area (Å²) in [6, 6.07) is 5.19. The number of benzene rings is 1. The first-order valence-corrected chi connectivity index (χ1v) is 7.87. The molecule has 0 saturated heterocycles. The SMILES string of the molecule is Cc1ccc(C)c(S(=O)(=O)NCC(=O)NC(C)(C)C)c1. The molecule has 1 aromatic rings. The Kier molecular flexibility index (Phi) is 4.94. The summed E-state index contributed by atoms with van der Waals surface area (Å²) in [7, 11) is -3.67. The van der Waals surface area contributed by atoms with Crippen LogP contribution in [0.25, 0.3) is 0 Å². The molecule has 0 saturated carbocycles. The van der Waals surface area contributed by atoms with Gasteiger partial charge in [-0.05, 0) is 51.8 Å². The minimum atomic E-state index is -3.67. The molecule has 0 atom stereocenters. The van der Waals surface area contributed by atoms with E-state index in [-0.39, 0.29) is 22.9 Å². The Morgan fingerprint density at radius 3 is 2.35 bits per heavy atom. The maximum Gasteiger partial charge on any atom is 0.241 e. The van der Waals surface area contributed by atoms with Gasteiger partial charge in [-0.1, -0.05) is 12.1 Å². The van der Waals surface area contributed by atoms with Crippen LogP contribution in [0.5, 0.6) is 0 Å². The van der Waals surface area contributed by atoms with Crippen molar-refractivity contribution in [2.24, 2.45) is 0 Å². The fraction of sp³-hybridized carbons (Fsp3) is 0.500. The van der Waals surface area contributed by atoms with E-state index in [1.807, 2.05) is 33.8 Å². The van der Waals surface area contributed by atoms with Crippen LogP contribution in [0, 0.1) is 13.8 Å². The van der Waals surface area contributed by atoms with Gasteiger partial charge in [0, 0.05) is 5.54 Å². The van der Waals surface area contributed by atoms with Gasteiger partial charge in [0.25, 0.3) is 0 Å². The molecule has 0 aliphatic heterocycles. The molecule has 112 valence electrons. The van der Waals surface area contributed by atoms with Crippen molar-refractivity contribution in [1.29, 1.82) is 0 Å². The zero-order valence-electron chi connectivity index (χ0n) is 12.6. The van der Waals surface area contributed by atoms with E-state index in [0.717, 1.165) is 5.56 Å². The third-order valence-corrected chi connectivity index (χ3v) is 4.11. The number of carbonyl (C=O) groups excluding carboxylic acids is 1. The van der Waals surface area contributed by atoms with Crippen molar-refractivity contribution < 1.29 is 13.2 Å². The number of aryl methyl sites for hydroxylation is 2. The quantitative estimate of drug-likeness (QED) is 0.884. The first kappa shape index (κ1) is 16.7. The highest BCUT2D eigenvalue weighted by Gasteiger charge is 2.19. The van der Waals surface area contributed by atoms with Crippen LogP contribution in [0.2, 0.25) is 0 Å². The largest absolute Gasteiger partial charge is 0.350 e.